The summed E-state index contributed by atoms with van der Waals surface area (Å²) in [4.78, 5) is 24.1. The Morgan fingerprint density at radius 1 is 1.15 bits per heavy atom. The van der Waals surface area contributed by atoms with E-state index >= 15 is 0 Å². The van der Waals surface area contributed by atoms with Crippen LogP contribution in [0.3, 0.4) is 0 Å². The number of benzene rings is 1. The summed E-state index contributed by atoms with van der Waals surface area (Å²) in [6.07, 6.45) is 9.54. The third kappa shape index (κ3) is 3.90. The van der Waals surface area contributed by atoms with Gasteiger partial charge in [-0.3, -0.25) is 14.4 Å². The molecule has 2 aromatic heterocycles. The summed E-state index contributed by atoms with van der Waals surface area (Å²) >= 11 is 0. The van der Waals surface area contributed by atoms with Gasteiger partial charge in [0.1, 0.15) is 5.82 Å². The zero-order valence-electron chi connectivity index (χ0n) is 15.9. The number of Topliss-reactive ketones (excluding diaryl/α,β-unsaturated/α-hetero) is 1. The van der Waals surface area contributed by atoms with Crippen LogP contribution in [0.5, 0.6) is 0 Å². The van der Waals surface area contributed by atoms with Crippen molar-refractivity contribution in [2.45, 2.75) is 38.6 Å². The van der Waals surface area contributed by atoms with Crippen molar-refractivity contribution in [1.82, 2.24) is 24.6 Å². The van der Waals surface area contributed by atoms with Crippen LogP contribution in [0, 0.1) is 0 Å². The number of ketones is 1. The van der Waals surface area contributed by atoms with Crippen LogP contribution < -0.4 is 0 Å². The highest BCUT2D eigenvalue weighted by Crippen LogP contribution is 2.23. The first-order valence-corrected chi connectivity index (χ1v) is 9.61. The molecule has 4 rings (SSSR count). The minimum atomic E-state index is -0.0636. The highest BCUT2D eigenvalue weighted by Gasteiger charge is 2.23. The topological polar surface area (TPSA) is 63.9 Å². The van der Waals surface area contributed by atoms with Gasteiger partial charge in [0.15, 0.2) is 5.78 Å². The summed E-state index contributed by atoms with van der Waals surface area (Å²) in [6, 6.07) is 6.04. The van der Waals surface area contributed by atoms with E-state index in [2.05, 4.69) is 20.0 Å². The Morgan fingerprint density at radius 2 is 1.96 bits per heavy atom. The number of carbonyl (C=O) groups excluding carboxylic acids is 1. The Balaban J connectivity index is 1.54. The van der Waals surface area contributed by atoms with Crippen LogP contribution >= 0.6 is 0 Å². The molecule has 1 aromatic carbocycles. The zero-order chi connectivity index (χ0) is 18.8. The second kappa shape index (κ2) is 7.56. The molecule has 1 saturated heterocycles. The predicted octanol–water partition coefficient (Wildman–Crippen LogP) is 3.02. The maximum atomic E-state index is 12.7. The number of aryl methyl sites for hydroxylation is 1. The molecule has 6 heteroatoms. The molecule has 140 valence electrons. The van der Waals surface area contributed by atoms with E-state index in [1.165, 1.54) is 19.3 Å². The van der Waals surface area contributed by atoms with E-state index in [9.17, 15) is 4.79 Å². The van der Waals surface area contributed by atoms with Gasteiger partial charge < -0.3 is 0 Å². The van der Waals surface area contributed by atoms with Gasteiger partial charge in [-0.1, -0.05) is 18.6 Å². The van der Waals surface area contributed by atoms with Gasteiger partial charge in [-0.05, 0) is 44.5 Å². The summed E-state index contributed by atoms with van der Waals surface area (Å²) in [7, 11) is 1.90. The van der Waals surface area contributed by atoms with Crippen LogP contribution in [-0.4, -0.2) is 49.6 Å². The summed E-state index contributed by atoms with van der Waals surface area (Å²) in [6.45, 7) is 4.04. The first-order chi connectivity index (χ1) is 13.1. The van der Waals surface area contributed by atoms with Gasteiger partial charge in [0.05, 0.1) is 24.2 Å². The SMILES string of the molecule is CC(C(=O)Cc1ncc2ccc(-c3cnn(C)c3)cc2n1)N1CCCCC1. The summed E-state index contributed by atoms with van der Waals surface area (Å²) < 4.78 is 1.78. The average Bonchev–Trinajstić information content (AvgIpc) is 3.14. The molecular formula is C21H25N5O. The lowest BCUT2D eigenvalue weighted by Gasteiger charge is -2.31. The van der Waals surface area contributed by atoms with Gasteiger partial charge in [-0.2, -0.15) is 5.10 Å². The Hall–Kier alpha value is -2.60. The first-order valence-electron chi connectivity index (χ1n) is 9.61. The molecule has 0 aliphatic carbocycles. The van der Waals surface area contributed by atoms with E-state index in [-0.39, 0.29) is 18.2 Å². The molecule has 0 radical (unpaired) electrons. The van der Waals surface area contributed by atoms with Crippen molar-refractivity contribution in [3.63, 3.8) is 0 Å². The molecule has 6 nitrogen and oxygen atoms in total. The molecule has 0 amide bonds. The third-order valence-electron chi connectivity index (χ3n) is 5.41. The van der Waals surface area contributed by atoms with Crippen LogP contribution in [0.1, 0.15) is 32.0 Å². The highest BCUT2D eigenvalue weighted by molar-refractivity contribution is 5.86. The van der Waals surface area contributed by atoms with Crippen LogP contribution in [-0.2, 0) is 18.3 Å². The lowest BCUT2D eigenvalue weighted by Crippen LogP contribution is -2.42. The van der Waals surface area contributed by atoms with E-state index in [0.29, 0.717) is 5.82 Å². The van der Waals surface area contributed by atoms with Gasteiger partial charge in [-0.25, -0.2) is 9.97 Å². The van der Waals surface area contributed by atoms with E-state index in [0.717, 1.165) is 35.1 Å². The number of fused-ring (bicyclic) bond motifs is 1. The maximum absolute atomic E-state index is 12.7. The van der Waals surface area contributed by atoms with Gasteiger partial charge in [0.2, 0.25) is 0 Å². The Morgan fingerprint density at radius 3 is 2.70 bits per heavy atom. The second-order valence-electron chi connectivity index (χ2n) is 7.38. The van der Waals surface area contributed by atoms with E-state index in [1.54, 1.807) is 4.68 Å². The molecule has 3 heterocycles. The molecule has 1 fully saturated rings. The number of hydrogen-bond acceptors (Lipinski definition) is 5. The lowest BCUT2D eigenvalue weighted by atomic mass is 10.0. The first kappa shape index (κ1) is 17.8. The molecule has 0 bridgehead atoms. The molecule has 3 aromatic rings. The quantitative estimate of drug-likeness (QED) is 0.697. The van der Waals surface area contributed by atoms with Crippen molar-refractivity contribution < 1.29 is 4.79 Å². The van der Waals surface area contributed by atoms with Crippen LogP contribution in [0.4, 0.5) is 0 Å². The Labute approximate surface area is 159 Å². The number of hydrogen-bond donors (Lipinski definition) is 0. The fraction of sp³-hybridized carbons (Fsp3) is 0.429. The number of nitrogens with zero attached hydrogens (tertiary/aromatic N) is 5. The van der Waals surface area contributed by atoms with Crippen molar-refractivity contribution in [3.05, 3.63) is 42.6 Å². The van der Waals surface area contributed by atoms with Crippen LogP contribution in [0.2, 0.25) is 0 Å². The van der Waals surface area contributed by atoms with Crippen LogP contribution in [0.15, 0.2) is 36.8 Å². The standard InChI is InChI=1S/C21H25N5O/c1-15(26-8-4-3-5-9-26)20(27)11-21-22-12-17-7-6-16(10-19(17)24-21)18-13-23-25(2)14-18/h6-7,10,12-15H,3-5,8-9,11H2,1-2H3. The molecule has 1 aliphatic heterocycles. The third-order valence-corrected chi connectivity index (χ3v) is 5.41. The monoisotopic (exact) mass is 363 g/mol. The van der Waals surface area contributed by atoms with Crippen molar-refractivity contribution in [2.75, 3.05) is 13.1 Å². The fourth-order valence-electron chi connectivity index (χ4n) is 3.71. The Bertz CT molecular complexity index is 958. The molecule has 1 aliphatic rings. The van der Waals surface area contributed by atoms with Gasteiger partial charge in [0.25, 0.3) is 0 Å². The second-order valence-corrected chi connectivity index (χ2v) is 7.38. The molecule has 0 spiro atoms. The molecular weight excluding hydrogens is 338 g/mol. The van der Waals surface area contributed by atoms with Crippen molar-refractivity contribution in [2.24, 2.45) is 7.05 Å². The van der Waals surface area contributed by atoms with Crippen molar-refractivity contribution >= 4 is 16.7 Å². The summed E-state index contributed by atoms with van der Waals surface area (Å²) in [5.41, 5.74) is 2.97. The molecule has 1 unspecified atom stereocenters. The maximum Gasteiger partial charge on any atom is 0.157 e. The smallest absolute Gasteiger partial charge is 0.157 e. The summed E-state index contributed by atoms with van der Waals surface area (Å²) in [5, 5.41) is 5.20. The average molecular weight is 363 g/mol. The van der Waals surface area contributed by atoms with Crippen molar-refractivity contribution in [1.29, 1.82) is 0 Å². The number of rotatable bonds is 5. The minimum absolute atomic E-state index is 0.0636. The molecule has 1 atom stereocenters. The van der Waals surface area contributed by atoms with E-state index in [4.69, 9.17) is 0 Å². The number of aromatic nitrogens is 4. The minimum Gasteiger partial charge on any atom is -0.297 e. The number of piperidine rings is 1. The summed E-state index contributed by atoms with van der Waals surface area (Å²) in [5.74, 6) is 0.791. The van der Waals surface area contributed by atoms with E-state index in [1.807, 2.05) is 50.8 Å². The number of carbonyl (C=O) groups is 1. The number of likely N-dealkylation sites (tertiary alicyclic amines) is 1. The fourth-order valence-corrected chi connectivity index (χ4v) is 3.71. The normalized spacial score (nSPS) is 16.5. The predicted molar refractivity (Wildman–Crippen MR) is 105 cm³/mol. The van der Waals surface area contributed by atoms with Crippen LogP contribution in [0.25, 0.3) is 22.0 Å². The molecule has 27 heavy (non-hydrogen) atoms. The van der Waals surface area contributed by atoms with Gasteiger partial charge in [-0.15, -0.1) is 0 Å². The molecule has 0 N–H and O–H groups in total. The van der Waals surface area contributed by atoms with Gasteiger partial charge in [0, 0.05) is 30.4 Å². The van der Waals surface area contributed by atoms with E-state index < -0.39 is 0 Å². The Kier molecular flexibility index (Phi) is 4.99. The van der Waals surface area contributed by atoms with Gasteiger partial charge >= 0.3 is 0 Å². The van der Waals surface area contributed by atoms with Crippen molar-refractivity contribution in [3.8, 4) is 11.1 Å². The molecule has 0 saturated carbocycles. The lowest BCUT2D eigenvalue weighted by molar-refractivity contribution is -0.123. The zero-order valence-corrected chi connectivity index (χ0v) is 15.9. The highest BCUT2D eigenvalue weighted by atomic mass is 16.1. The largest absolute Gasteiger partial charge is 0.297 e.